The molecule has 0 atom stereocenters. The molecule has 1 heterocycles. The van der Waals surface area contributed by atoms with Crippen LogP contribution in [0.1, 0.15) is 5.69 Å². The topological polar surface area (TPSA) is 12.9 Å². The van der Waals surface area contributed by atoms with Crippen molar-refractivity contribution in [3.05, 3.63) is 63.7 Å². The number of aryl methyl sites for hydroxylation is 1. The summed E-state index contributed by atoms with van der Waals surface area (Å²) in [5, 5.41) is 1.75. The third-order valence-electron chi connectivity index (χ3n) is 3.15. The maximum Gasteiger partial charge on any atom is 0.0720 e. The van der Waals surface area contributed by atoms with Crippen molar-refractivity contribution in [2.24, 2.45) is 0 Å². The van der Waals surface area contributed by atoms with Gasteiger partial charge in [-0.15, -0.1) is 0 Å². The zero-order valence-electron chi connectivity index (χ0n) is 10.3. The molecule has 2 aromatic carbocycles. The molecule has 0 aliphatic carbocycles. The first-order valence-electron chi connectivity index (χ1n) is 5.98. The molecule has 0 aliphatic rings. The van der Waals surface area contributed by atoms with Crippen molar-refractivity contribution in [3.63, 3.8) is 0 Å². The molecule has 0 saturated heterocycles. The average molecular weight is 333 g/mol. The van der Waals surface area contributed by atoms with E-state index in [0.29, 0.717) is 0 Å². The van der Waals surface area contributed by atoms with Gasteiger partial charge < -0.3 is 0 Å². The minimum Gasteiger partial charge on any atom is -0.252 e. The lowest BCUT2D eigenvalue weighted by Gasteiger charge is -2.12. The van der Waals surface area contributed by atoms with Crippen molar-refractivity contribution in [1.82, 2.24) is 4.98 Å². The molecular weight excluding hydrogens is 322 g/mol. The van der Waals surface area contributed by atoms with E-state index in [2.05, 4.69) is 27.0 Å². The van der Waals surface area contributed by atoms with Crippen LogP contribution < -0.4 is 0 Å². The largest absolute Gasteiger partial charge is 0.252 e. The molecule has 0 unspecified atom stereocenters. The number of hydrogen-bond acceptors (Lipinski definition) is 1. The van der Waals surface area contributed by atoms with E-state index < -0.39 is 0 Å². The number of fused-ring (bicyclic) bond motifs is 1. The van der Waals surface area contributed by atoms with Gasteiger partial charge in [0.05, 0.1) is 10.5 Å². The van der Waals surface area contributed by atoms with E-state index in [1.54, 1.807) is 0 Å². The van der Waals surface area contributed by atoms with Crippen molar-refractivity contribution in [1.29, 1.82) is 0 Å². The highest BCUT2D eigenvalue weighted by Crippen LogP contribution is 2.38. The Morgan fingerprint density at radius 1 is 1.00 bits per heavy atom. The molecule has 1 aromatic heterocycles. The summed E-state index contributed by atoms with van der Waals surface area (Å²) in [5.74, 6) is 0. The van der Waals surface area contributed by atoms with Gasteiger partial charge in [-0.25, -0.2) is 0 Å². The molecule has 3 heteroatoms. The second-order valence-electron chi connectivity index (χ2n) is 4.38. The zero-order valence-corrected chi connectivity index (χ0v) is 12.7. The molecule has 0 N–H and O–H groups in total. The van der Waals surface area contributed by atoms with Gasteiger partial charge in [-0.1, -0.05) is 63.9 Å². The van der Waals surface area contributed by atoms with E-state index >= 15 is 0 Å². The predicted octanol–water partition coefficient (Wildman–Crippen LogP) is 5.63. The molecular formula is C16H11BrClN. The van der Waals surface area contributed by atoms with E-state index in [9.17, 15) is 0 Å². The lowest BCUT2D eigenvalue weighted by molar-refractivity contribution is 1.25. The van der Waals surface area contributed by atoms with Crippen molar-refractivity contribution in [2.75, 3.05) is 0 Å². The maximum atomic E-state index is 6.59. The molecule has 0 spiro atoms. The zero-order chi connectivity index (χ0) is 13.4. The fourth-order valence-corrected chi connectivity index (χ4v) is 3.15. The van der Waals surface area contributed by atoms with Crippen LogP contribution in [0.5, 0.6) is 0 Å². The van der Waals surface area contributed by atoms with E-state index in [-0.39, 0.29) is 0 Å². The molecule has 3 aromatic rings. The molecule has 94 valence electrons. The lowest BCUT2D eigenvalue weighted by Crippen LogP contribution is -1.92. The fourth-order valence-electron chi connectivity index (χ4n) is 2.26. The first-order chi connectivity index (χ1) is 9.18. The van der Waals surface area contributed by atoms with Crippen LogP contribution in [0, 0.1) is 6.92 Å². The summed E-state index contributed by atoms with van der Waals surface area (Å²) in [6, 6.07) is 16.0. The Kier molecular flexibility index (Phi) is 3.29. The molecule has 3 rings (SSSR count). The fraction of sp³-hybridized carbons (Fsp3) is 0.0625. The van der Waals surface area contributed by atoms with Crippen molar-refractivity contribution in [3.8, 4) is 11.1 Å². The van der Waals surface area contributed by atoms with Crippen LogP contribution in [0.2, 0.25) is 5.02 Å². The van der Waals surface area contributed by atoms with E-state index in [4.69, 9.17) is 11.6 Å². The average Bonchev–Trinajstić information content (AvgIpc) is 2.41. The van der Waals surface area contributed by atoms with Crippen LogP contribution in [0.3, 0.4) is 0 Å². The second-order valence-corrected chi connectivity index (χ2v) is 5.62. The summed E-state index contributed by atoms with van der Waals surface area (Å²) in [6.45, 7) is 1.99. The molecule has 0 saturated carbocycles. The summed E-state index contributed by atoms with van der Waals surface area (Å²) < 4.78 is 1.03. The van der Waals surface area contributed by atoms with Crippen LogP contribution in [0.15, 0.2) is 53.0 Å². The molecule has 19 heavy (non-hydrogen) atoms. The minimum atomic E-state index is 0.759. The second kappa shape index (κ2) is 4.95. The predicted molar refractivity (Wildman–Crippen MR) is 84.6 cm³/mol. The first-order valence-corrected chi connectivity index (χ1v) is 7.15. The molecule has 0 amide bonds. The van der Waals surface area contributed by atoms with Crippen LogP contribution >= 0.6 is 27.5 Å². The molecule has 0 fully saturated rings. The van der Waals surface area contributed by atoms with Gasteiger partial charge in [-0.05, 0) is 24.6 Å². The number of rotatable bonds is 1. The first kappa shape index (κ1) is 12.6. The number of pyridine rings is 1. The van der Waals surface area contributed by atoms with Crippen LogP contribution in [0.4, 0.5) is 0 Å². The normalized spacial score (nSPS) is 10.9. The van der Waals surface area contributed by atoms with Gasteiger partial charge in [-0.3, -0.25) is 4.98 Å². The van der Waals surface area contributed by atoms with Crippen molar-refractivity contribution >= 4 is 38.4 Å². The van der Waals surface area contributed by atoms with Gasteiger partial charge >= 0.3 is 0 Å². The third-order valence-corrected chi connectivity index (χ3v) is 4.24. The Morgan fingerprint density at radius 3 is 2.47 bits per heavy atom. The van der Waals surface area contributed by atoms with Crippen molar-refractivity contribution in [2.45, 2.75) is 6.92 Å². The number of benzene rings is 2. The number of halogens is 2. The number of para-hydroxylation sites is 1. The van der Waals surface area contributed by atoms with E-state index in [0.717, 1.165) is 37.2 Å². The number of aromatic nitrogens is 1. The van der Waals surface area contributed by atoms with Gasteiger partial charge in [-0.2, -0.15) is 0 Å². The maximum absolute atomic E-state index is 6.59. The molecule has 0 aliphatic heterocycles. The summed E-state index contributed by atoms with van der Waals surface area (Å²) in [6.07, 6.45) is 0. The molecule has 1 nitrogen and oxygen atoms in total. The monoisotopic (exact) mass is 331 g/mol. The summed E-state index contributed by atoms with van der Waals surface area (Å²) in [4.78, 5) is 4.65. The Balaban J connectivity index is 2.39. The summed E-state index contributed by atoms with van der Waals surface area (Å²) in [7, 11) is 0. The van der Waals surface area contributed by atoms with Crippen molar-refractivity contribution < 1.29 is 0 Å². The Labute approximate surface area is 125 Å². The van der Waals surface area contributed by atoms with Gasteiger partial charge in [0.2, 0.25) is 0 Å². The number of hydrogen-bond donors (Lipinski definition) is 0. The Morgan fingerprint density at radius 2 is 1.68 bits per heavy atom. The number of nitrogens with zero attached hydrogens (tertiary/aromatic N) is 1. The SMILES string of the molecule is Cc1nc2ccccc2c(Cl)c1-c1ccccc1Br. The lowest BCUT2D eigenvalue weighted by atomic mass is 10.0. The minimum absolute atomic E-state index is 0.759. The smallest absolute Gasteiger partial charge is 0.0720 e. The van der Waals surface area contributed by atoms with Gasteiger partial charge in [0.1, 0.15) is 0 Å². The highest BCUT2D eigenvalue weighted by atomic mass is 79.9. The molecule has 0 bridgehead atoms. The highest BCUT2D eigenvalue weighted by molar-refractivity contribution is 9.10. The summed E-state index contributed by atoms with van der Waals surface area (Å²) >= 11 is 10.2. The van der Waals surface area contributed by atoms with Gasteiger partial charge in [0.15, 0.2) is 0 Å². The third kappa shape index (κ3) is 2.15. The summed E-state index contributed by atoms with van der Waals surface area (Å²) in [5.41, 5.74) is 3.94. The van der Waals surface area contributed by atoms with E-state index in [1.807, 2.05) is 49.4 Å². The quantitative estimate of drug-likeness (QED) is 0.563. The van der Waals surface area contributed by atoms with Gasteiger partial charge in [0, 0.05) is 21.1 Å². The standard InChI is InChI=1S/C16H11BrClN/c1-10-15(11-6-2-4-8-13(11)17)16(18)12-7-3-5-9-14(12)19-10/h2-9H,1H3. The Hall–Kier alpha value is -1.38. The highest BCUT2D eigenvalue weighted by Gasteiger charge is 2.14. The van der Waals surface area contributed by atoms with E-state index in [1.165, 1.54) is 0 Å². The Bertz CT molecular complexity index is 768. The molecule has 0 radical (unpaired) electrons. The van der Waals surface area contributed by atoms with Crippen LogP contribution in [-0.4, -0.2) is 4.98 Å². The van der Waals surface area contributed by atoms with Gasteiger partial charge in [0.25, 0.3) is 0 Å². The van der Waals surface area contributed by atoms with Crippen LogP contribution in [0.25, 0.3) is 22.0 Å². The van der Waals surface area contributed by atoms with Crippen LogP contribution in [-0.2, 0) is 0 Å².